The molecule has 0 spiro atoms. The minimum Gasteiger partial charge on any atom is -0.415 e. The highest BCUT2D eigenvalue weighted by Gasteiger charge is 2.20. The summed E-state index contributed by atoms with van der Waals surface area (Å²) in [5, 5.41) is 11.4. The van der Waals surface area contributed by atoms with Crippen molar-refractivity contribution < 1.29 is 27.1 Å². The Morgan fingerprint density at radius 2 is 1.88 bits per heavy atom. The van der Waals surface area contributed by atoms with Gasteiger partial charge in [-0.15, -0.1) is 15.3 Å². The van der Waals surface area contributed by atoms with E-state index in [1.165, 1.54) is 10.9 Å². The van der Waals surface area contributed by atoms with Crippen LogP contribution in [0.4, 0.5) is 8.78 Å². The van der Waals surface area contributed by atoms with Gasteiger partial charge in [-0.2, -0.15) is 8.78 Å². The Balaban J connectivity index is 1.33. The van der Waals surface area contributed by atoms with Crippen LogP contribution in [-0.4, -0.2) is 38.2 Å². The molecule has 32 heavy (non-hydrogen) atoms. The van der Waals surface area contributed by atoms with Crippen molar-refractivity contribution in [1.82, 2.24) is 25.0 Å². The van der Waals surface area contributed by atoms with Gasteiger partial charge >= 0.3 is 6.43 Å². The molecule has 12 heteroatoms. The molecule has 4 aromatic rings. The number of rotatable bonds is 6. The van der Waals surface area contributed by atoms with Crippen LogP contribution in [0.5, 0.6) is 0 Å². The lowest BCUT2D eigenvalue weighted by atomic mass is 10.1. The van der Waals surface area contributed by atoms with Crippen molar-refractivity contribution in [3.63, 3.8) is 0 Å². The molecule has 1 saturated heterocycles. The summed E-state index contributed by atoms with van der Waals surface area (Å²) in [5.41, 5.74) is 2.65. The maximum atomic E-state index is 12.6. The largest absolute Gasteiger partial charge is 0.415 e. The smallest absolute Gasteiger partial charge is 0.314 e. The molecule has 0 amide bonds. The first-order chi connectivity index (χ1) is 15.6. The highest BCUT2D eigenvalue weighted by Crippen LogP contribution is 2.28. The number of halogens is 2. The van der Waals surface area contributed by atoms with Crippen LogP contribution in [0.25, 0.3) is 22.9 Å². The van der Waals surface area contributed by atoms with Crippen LogP contribution < -0.4 is 0 Å². The zero-order valence-electron chi connectivity index (χ0n) is 16.4. The molecule has 3 aromatic heterocycles. The zero-order chi connectivity index (χ0) is 22.1. The predicted molar refractivity (Wildman–Crippen MR) is 107 cm³/mol. The summed E-state index contributed by atoms with van der Waals surface area (Å²) in [7, 11) is 0. The van der Waals surface area contributed by atoms with Gasteiger partial charge in [-0.3, -0.25) is 4.98 Å². The van der Waals surface area contributed by atoms with E-state index in [1.54, 1.807) is 12.1 Å². The first-order valence-corrected chi connectivity index (χ1v) is 9.96. The van der Waals surface area contributed by atoms with Crippen molar-refractivity contribution in [2.75, 3.05) is 13.2 Å². The van der Waals surface area contributed by atoms with Crippen LogP contribution >= 0.6 is 12.2 Å². The quantitative estimate of drug-likeness (QED) is 0.390. The fraction of sp³-hybridized carbons (Fsp3) is 0.250. The molecule has 9 nitrogen and oxygen atoms in total. The van der Waals surface area contributed by atoms with Crippen LogP contribution in [0.3, 0.4) is 0 Å². The summed E-state index contributed by atoms with van der Waals surface area (Å²) in [6.07, 6.45) is -1.78. The number of ether oxygens (including phenoxy) is 2. The number of benzene rings is 1. The molecule has 1 aromatic carbocycles. The molecule has 0 radical (unpaired) electrons. The van der Waals surface area contributed by atoms with E-state index in [1.807, 2.05) is 24.3 Å². The summed E-state index contributed by atoms with van der Waals surface area (Å²) in [6.45, 7) is 1.36. The fourth-order valence-corrected chi connectivity index (χ4v) is 3.31. The van der Waals surface area contributed by atoms with Crippen LogP contribution in [-0.2, 0) is 16.0 Å². The highest BCUT2D eigenvalue weighted by atomic mass is 32.1. The van der Waals surface area contributed by atoms with Crippen molar-refractivity contribution in [3.8, 4) is 22.9 Å². The normalized spacial score (nSPS) is 14.5. The third kappa shape index (κ3) is 4.20. The molecule has 0 atom stereocenters. The molecule has 4 heterocycles. The molecular formula is C20H15F2N5O4S. The number of hydrogen-bond acceptors (Lipinski definition) is 9. The highest BCUT2D eigenvalue weighted by molar-refractivity contribution is 7.71. The average Bonchev–Trinajstić information content (AvgIpc) is 3.56. The average molecular weight is 459 g/mol. The molecule has 0 bridgehead atoms. The summed E-state index contributed by atoms with van der Waals surface area (Å²) in [6, 6.07) is 10.8. The second-order valence-corrected chi connectivity index (χ2v) is 7.16. The van der Waals surface area contributed by atoms with Gasteiger partial charge in [0.15, 0.2) is 6.29 Å². The second-order valence-electron chi connectivity index (χ2n) is 6.81. The monoisotopic (exact) mass is 459 g/mol. The Morgan fingerprint density at radius 3 is 2.59 bits per heavy atom. The predicted octanol–water partition coefficient (Wildman–Crippen LogP) is 4.35. The van der Waals surface area contributed by atoms with Gasteiger partial charge in [0.05, 0.1) is 31.0 Å². The number of hydrogen-bond donors (Lipinski definition) is 0. The van der Waals surface area contributed by atoms with E-state index in [0.29, 0.717) is 30.4 Å². The first kappa shape index (κ1) is 20.5. The Bertz CT molecular complexity index is 1280. The molecule has 0 N–H and O–H groups in total. The van der Waals surface area contributed by atoms with Crippen molar-refractivity contribution in [3.05, 3.63) is 64.6 Å². The lowest BCUT2D eigenvalue weighted by Gasteiger charge is -2.09. The standard InChI is InChI=1S/C20H15F2N5O4S/c21-15(22)18-25-24-16(30-18)13-4-5-14(23-9-13)10-27-20(32)31-17(26-27)11-2-1-3-12(8-11)19-28-6-7-29-19/h1-5,8-9,15,19H,6-7,10H2. The maximum Gasteiger partial charge on any atom is 0.314 e. The van der Waals surface area contributed by atoms with Gasteiger partial charge in [-0.1, -0.05) is 12.1 Å². The Kier molecular flexibility index (Phi) is 5.55. The lowest BCUT2D eigenvalue weighted by Crippen LogP contribution is -2.04. The third-order valence-corrected chi connectivity index (χ3v) is 4.94. The van der Waals surface area contributed by atoms with Crippen LogP contribution in [0.1, 0.15) is 29.9 Å². The van der Waals surface area contributed by atoms with E-state index >= 15 is 0 Å². The molecule has 1 aliphatic rings. The topological polar surface area (TPSA) is 101 Å². The zero-order valence-corrected chi connectivity index (χ0v) is 17.2. The van der Waals surface area contributed by atoms with E-state index in [9.17, 15) is 8.78 Å². The number of nitrogens with zero attached hydrogens (tertiary/aromatic N) is 5. The number of alkyl halides is 2. The van der Waals surface area contributed by atoms with Gasteiger partial charge in [-0.25, -0.2) is 4.68 Å². The van der Waals surface area contributed by atoms with Crippen molar-refractivity contribution >= 4 is 12.2 Å². The van der Waals surface area contributed by atoms with Gasteiger partial charge in [-0.05, 0) is 36.5 Å². The fourth-order valence-electron chi connectivity index (χ4n) is 3.13. The molecule has 0 unspecified atom stereocenters. The molecule has 164 valence electrons. The molecule has 1 fully saturated rings. The summed E-state index contributed by atoms with van der Waals surface area (Å²) in [5.74, 6) is -0.410. The second kappa shape index (κ2) is 8.65. The molecule has 5 rings (SSSR count). The van der Waals surface area contributed by atoms with Crippen molar-refractivity contribution in [2.24, 2.45) is 0 Å². The van der Waals surface area contributed by atoms with E-state index < -0.39 is 18.6 Å². The first-order valence-electron chi connectivity index (χ1n) is 9.55. The number of pyridine rings is 1. The van der Waals surface area contributed by atoms with E-state index in [4.69, 9.17) is 30.5 Å². The Hall–Kier alpha value is -3.35. The SMILES string of the molecule is FC(F)c1nnc(-c2ccc(Cn3nc(-c4cccc(C5OCCO5)c4)oc3=S)nc2)o1. The minimum absolute atomic E-state index is 0.0326. The van der Waals surface area contributed by atoms with E-state index in [-0.39, 0.29) is 17.3 Å². The Labute approximate surface area is 184 Å². The van der Waals surface area contributed by atoms with Crippen LogP contribution in [0, 0.1) is 4.84 Å². The van der Waals surface area contributed by atoms with Crippen LogP contribution in [0.2, 0.25) is 0 Å². The van der Waals surface area contributed by atoms with Gasteiger partial charge < -0.3 is 18.3 Å². The summed E-state index contributed by atoms with van der Waals surface area (Å²) >= 11 is 5.29. The molecule has 0 saturated carbocycles. The van der Waals surface area contributed by atoms with Gasteiger partial charge in [0, 0.05) is 17.3 Å². The van der Waals surface area contributed by atoms with Crippen molar-refractivity contribution in [1.29, 1.82) is 0 Å². The van der Waals surface area contributed by atoms with Crippen molar-refractivity contribution in [2.45, 2.75) is 19.3 Å². The summed E-state index contributed by atoms with van der Waals surface area (Å²) < 4.78 is 48.4. The third-order valence-electron chi connectivity index (χ3n) is 4.64. The van der Waals surface area contributed by atoms with Gasteiger partial charge in [0.2, 0.25) is 11.8 Å². The number of aromatic nitrogens is 5. The molecule has 1 aliphatic heterocycles. The van der Waals surface area contributed by atoms with E-state index in [2.05, 4.69) is 20.3 Å². The lowest BCUT2D eigenvalue weighted by molar-refractivity contribution is -0.0440. The van der Waals surface area contributed by atoms with Crippen LogP contribution in [0.15, 0.2) is 51.4 Å². The van der Waals surface area contributed by atoms with Gasteiger partial charge in [0.1, 0.15) is 0 Å². The molecular weight excluding hydrogens is 444 g/mol. The van der Waals surface area contributed by atoms with Gasteiger partial charge in [0.25, 0.3) is 10.7 Å². The molecule has 0 aliphatic carbocycles. The summed E-state index contributed by atoms with van der Waals surface area (Å²) in [4.78, 5) is 4.48. The maximum absolute atomic E-state index is 12.6. The minimum atomic E-state index is -2.83. The van der Waals surface area contributed by atoms with E-state index in [0.717, 1.165) is 11.1 Å². The Morgan fingerprint density at radius 1 is 1.03 bits per heavy atom.